The number of hydrogen-bond acceptors (Lipinski definition) is 3. The van der Waals surface area contributed by atoms with E-state index in [1.807, 2.05) is 6.07 Å². The zero-order chi connectivity index (χ0) is 16.6. The van der Waals surface area contributed by atoms with Crippen molar-refractivity contribution in [1.29, 1.82) is 0 Å². The highest BCUT2D eigenvalue weighted by Gasteiger charge is 2.12. The van der Waals surface area contributed by atoms with Gasteiger partial charge in [-0.1, -0.05) is 72.8 Å². The monoisotopic (exact) mass is 338 g/mol. The fourth-order valence-electron chi connectivity index (χ4n) is 3.23. The van der Waals surface area contributed by atoms with E-state index in [0.717, 1.165) is 21.5 Å². The average Bonchev–Trinajstić information content (AvgIpc) is 3.08. The quantitative estimate of drug-likeness (QED) is 0.384. The molecule has 0 amide bonds. The van der Waals surface area contributed by atoms with Crippen molar-refractivity contribution in [3.63, 3.8) is 0 Å². The molecule has 5 aromatic rings. The Balaban J connectivity index is 1.68. The van der Waals surface area contributed by atoms with Gasteiger partial charge in [-0.15, -0.1) is 11.3 Å². The van der Waals surface area contributed by atoms with Gasteiger partial charge in [0.05, 0.1) is 5.69 Å². The topological polar surface area (TPSA) is 25.8 Å². The Morgan fingerprint density at radius 1 is 0.600 bits per heavy atom. The minimum absolute atomic E-state index is 1.00. The lowest BCUT2D eigenvalue weighted by atomic mass is 10.0. The molecular weight excluding hydrogens is 324 g/mol. The van der Waals surface area contributed by atoms with Gasteiger partial charge in [0, 0.05) is 21.0 Å². The number of nitrogens with zero attached hydrogens (tertiary/aromatic N) is 2. The van der Waals surface area contributed by atoms with Crippen LogP contribution in [0.5, 0.6) is 0 Å². The second kappa shape index (κ2) is 5.80. The molecule has 0 aliphatic heterocycles. The standard InChI is InChI=1S/C22H14N2S/c1-2-6-15(7-3-1)16-10-12-17(13-11-16)21-20-18-8-4-5-9-19(18)25-22(20)24-14-23-21/h1-14H. The third kappa shape index (κ3) is 2.41. The molecule has 0 aliphatic carbocycles. The van der Waals surface area contributed by atoms with E-state index >= 15 is 0 Å². The second-order valence-corrected chi connectivity index (χ2v) is 6.97. The van der Waals surface area contributed by atoms with E-state index in [2.05, 4.69) is 82.8 Å². The summed E-state index contributed by atoms with van der Waals surface area (Å²) >= 11 is 1.72. The van der Waals surface area contributed by atoms with E-state index in [-0.39, 0.29) is 0 Å². The number of benzene rings is 3. The Morgan fingerprint density at radius 2 is 1.28 bits per heavy atom. The molecule has 0 N–H and O–H groups in total. The Hall–Kier alpha value is -3.04. The van der Waals surface area contributed by atoms with Crippen molar-refractivity contribution >= 4 is 31.6 Å². The maximum absolute atomic E-state index is 4.60. The number of aromatic nitrogens is 2. The first-order valence-corrected chi connectivity index (χ1v) is 9.00. The first kappa shape index (κ1) is 14.3. The summed E-state index contributed by atoms with van der Waals surface area (Å²) in [4.78, 5) is 10.1. The zero-order valence-corrected chi connectivity index (χ0v) is 14.2. The largest absolute Gasteiger partial charge is 0.236 e. The molecule has 3 heteroatoms. The zero-order valence-electron chi connectivity index (χ0n) is 13.4. The van der Waals surface area contributed by atoms with Crippen LogP contribution < -0.4 is 0 Å². The maximum Gasteiger partial charge on any atom is 0.128 e. The van der Waals surface area contributed by atoms with E-state index < -0.39 is 0 Å². The normalized spacial score (nSPS) is 11.2. The molecule has 0 radical (unpaired) electrons. The molecule has 0 saturated carbocycles. The predicted molar refractivity (Wildman–Crippen MR) is 106 cm³/mol. The molecule has 2 heterocycles. The molecule has 0 saturated heterocycles. The molecule has 25 heavy (non-hydrogen) atoms. The van der Waals surface area contributed by atoms with Crippen LogP contribution in [-0.2, 0) is 0 Å². The minimum Gasteiger partial charge on any atom is -0.236 e. The Bertz CT molecular complexity index is 1180. The lowest BCUT2D eigenvalue weighted by Crippen LogP contribution is -1.87. The highest BCUT2D eigenvalue weighted by molar-refractivity contribution is 7.25. The lowest BCUT2D eigenvalue weighted by molar-refractivity contribution is 1.24. The van der Waals surface area contributed by atoms with E-state index in [1.54, 1.807) is 17.7 Å². The fourth-order valence-corrected chi connectivity index (χ4v) is 4.27. The first-order chi connectivity index (χ1) is 12.4. The number of thiophene rings is 1. The molecule has 5 rings (SSSR count). The van der Waals surface area contributed by atoms with E-state index in [1.165, 1.54) is 21.2 Å². The van der Waals surface area contributed by atoms with Gasteiger partial charge in [-0.3, -0.25) is 0 Å². The van der Waals surface area contributed by atoms with Crippen LogP contribution in [0.1, 0.15) is 0 Å². The molecule has 0 spiro atoms. The summed E-state index contributed by atoms with van der Waals surface area (Å²) in [7, 11) is 0. The van der Waals surface area contributed by atoms with Crippen molar-refractivity contribution in [2.24, 2.45) is 0 Å². The third-order valence-corrected chi connectivity index (χ3v) is 5.52. The van der Waals surface area contributed by atoms with Gasteiger partial charge in [-0.25, -0.2) is 9.97 Å². The summed E-state index contributed by atoms with van der Waals surface area (Å²) in [5.41, 5.74) is 4.56. The van der Waals surface area contributed by atoms with Crippen LogP contribution in [0.2, 0.25) is 0 Å². The van der Waals surface area contributed by atoms with Crippen LogP contribution in [0.25, 0.3) is 42.7 Å². The van der Waals surface area contributed by atoms with Crippen LogP contribution >= 0.6 is 11.3 Å². The summed E-state index contributed by atoms with van der Waals surface area (Å²) in [6, 6.07) is 27.5. The van der Waals surface area contributed by atoms with E-state index in [4.69, 9.17) is 0 Å². The summed E-state index contributed by atoms with van der Waals surface area (Å²) in [5, 5.41) is 2.38. The van der Waals surface area contributed by atoms with Gasteiger partial charge in [0.2, 0.25) is 0 Å². The van der Waals surface area contributed by atoms with Gasteiger partial charge in [0.1, 0.15) is 11.2 Å². The number of rotatable bonds is 2. The van der Waals surface area contributed by atoms with Crippen molar-refractivity contribution in [1.82, 2.24) is 9.97 Å². The molecule has 0 bridgehead atoms. The van der Waals surface area contributed by atoms with Crippen LogP contribution in [0.4, 0.5) is 0 Å². The van der Waals surface area contributed by atoms with Crippen LogP contribution in [0.3, 0.4) is 0 Å². The summed E-state index contributed by atoms with van der Waals surface area (Å²) < 4.78 is 1.25. The highest BCUT2D eigenvalue weighted by Crippen LogP contribution is 2.37. The van der Waals surface area contributed by atoms with Crippen LogP contribution in [-0.4, -0.2) is 9.97 Å². The summed E-state index contributed by atoms with van der Waals surface area (Å²) in [5.74, 6) is 0. The molecule has 118 valence electrons. The average molecular weight is 338 g/mol. The van der Waals surface area contributed by atoms with E-state index in [0.29, 0.717) is 0 Å². The maximum atomic E-state index is 4.60. The second-order valence-electron chi connectivity index (χ2n) is 5.94. The van der Waals surface area contributed by atoms with Crippen molar-refractivity contribution in [2.45, 2.75) is 0 Å². The molecule has 0 atom stereocenters. The Kier molecular flexibility index (Phi) is 3.32. The molecule has 2 nitrogen and oxygen atoms in total. The van der Waals surface area contributed by atoms with Gasteiger partial charge in [0.25, 0.3) is 0 Å². The van der Waals surface area contributed by atoms with Crippen molar-refractivity contribution in [3.05, 3.63) is 85.2 Å². The van der Waals surface area contributed by atoms with Crippen molar-refractivity contribution in [2.75, 3.05) is 0 Å². The van der Waals surface area contributed by atoms with Crippen LogP contribution in [0.15, 0.2) is 85.2 Å². The molecule has 2 aromatic heterocycles. The van der Waals surface area contributed by atoms with Gasteiger partial charge < -0.3 is 0 Å². The van der Waals surface area contributed by atoms with Crippen molar-refractivity contribution in [3.8, 4) is 22.4 Å². The number of fused-ring (bicyclic) bond motifs is 3. The summed E-state index contributed by atoms with van der Waals surface area (Å²) in [6.07, 6.45) is 1.66. The highest BCUT2D eigenvalue weighted by atomic mass is 32.1. The molecule has 0 unspecified atom stereocenters. The summed E-state index contributed by atoms with van der Waals surface area (Å²) in [6.45, 7) is 0. The molecule has 3 aromatic carbocycles. The van der Waals surface area contributed by atoms with Crippen LogP contribution in [0, 0.1) is 0 Å². The smallest absolute Gasteiger partial charge is 0.128 e. The molecular formula is C22H14N2S. The third-order valence-electron chi connectivity index (χ3n) is 4.44. The molecule has 0 aliphatic rings. The first-order valence-electron chi connectivity index (χ1n) is 8.18. The SMILES string of the molecule is c1ccc(-c2ccc(-c3ncnc4sc5ccccc5c34)cc2)cc1. The lowest BCUT2D eigenvalue weighted by Gasteiger charge is -2.06. The fraction of sp³-hybridized carbons (Fsp3) is 0. The van der Waals surface area contributed by atoms with Crippen molar-refractivity contribution < 1.29 is 0 Å². The minimum atomic E-state index is 1.00. The van der Waals surface area contributed by atoms with Gasteiger partial charge in [-0.2, -0.15) is 0 Å². The number of hydrogen-bond donors (Lipinski definition) is 0. The Morgan fingerprint density at radius 3 is 2.12 bits per heavy atom. The van der Waals surface area contributed by atoms with Gasteiger partial charge in [-0.05, 0) is 17.2 Å². The van der Waals surface area contributed by atoms with Gasteiger partial charge in [0.15, 0.2) is 0 Å². The predicted octanol–water partition coefficient (Wildman–Crippen LogP) is 6.18. The van der Waals surface area contributed by atoms with Gasteiger partial charge >= 0.3 is 0 Å². The van der Waals surface area contributed by atoms with E-state index in [9.17, 15) is 0 Å². The Labute approximate surface area is 149 Å². The molecule has 0 fully saturated rings.